The van der Waals surface area contributed by atoms with Crippen molar-refractivity contribution in [2.45, 2.75) is 74.1 Å². The lowest BCUT2D eigenvalue weighted by Gasteiger charge is -2.30. The van der Waals surface area contributed by atoms with Crippen molar-refractivity contribution in [1.82, 2.24) is 0 Å². The van der Waals surface area contributed by atoms with Crippen LogP contribution in [0.25, 0.3) is 0 Å². The van der Waals surface area contributed by atoms with Crippen LogP contribution in [0.3, 0.4) is 0 Å². The standard InChI is InChI=1S/C26H38O4/c1-8-9-10-11-23(28)15-18(3)20(5)21(6)19(4)16-25(29)24-13-12-17(2)14-26(24)30-22(7)27/h9-10,12-14,18-21H,8,11,15-16H2,1-7H3/b10-9-. The molecule has 1 aromatic rings. The van der Waals surface area contributed by atoms with Crippen molar-refractivity contribution in [1.29, 1.82) is 0 Å². The molecule has 0 aromatic heterocycles. The fourth-order valence-corrected chi connectivity index (χ4v) is 3.73. The zero-order chi connectivity index (χ0) is 22.8. The van der Waals surface area contributed by atoms with E-state index in [0.717, 1.165) is 12.0 Å². The minimum atomic E-state index is -0.433. The van der Waals surface area contributed by atoms with Crippen LogP contribution < -0.4 is 4.74 Å². The normalized spacial score (nSPS) is 15.4. The molecule has 4 atom stereocenters. The lowest BCUT2D eigenvalue weighted by Crippen LogP contribution is -2.25. The monoisotopic (exact) mass is 414 g/mol. The number of ether oxygens (including phenoxy) is 1. The van der Waals surface area contributed by atoms with Crippen LogP contribution in [0, 0.1) is 30.6 Å². The predicted molar refractivity (Wildman–Crippen MR) is 122 cm³/mol. The van der Waals surface area contributed by atoms with Crippen molar-refractivity contribution in [3.05, 3.63) is 41.5 Å². The second kappa shape index (κ2) is 12.5. The lowest BCUT2D eigenvalue weighted by molar-refractivity contribution is -0.131. The fourth-order valence-electron chi connectivity index (χ4n) is 3.73. The van der Waals surface area contributed by atoms with E-state index >= 15 is 0 Å². The molecule has 0 radical (unpaired) electrons. The Hall–Kier alpha value is -2.23. The summed E-state index contributed by atoms with van der Waals surface area (Å²) in [6.07, 6.45) is 6.36. The van der Waals surface area contributed by atoms with Crippen LogP contribution >= 0.6 is 0 Å². The zero-order valence-electron chi connectivity index (χ0n) is 19.7. The van der Waals surface area contributed by atoms with E-state index in [2.05, 4.69) is 34.6 Å². The molecule has 0 fully saturated rings. The number of rotatable bonds is 12. The van der Waals surface area contributed by atoms with Crippen LogP contribution in [-0.4, -0.2) is 17.5 Å². The van der Waals surface area contributed by atoms with Gasteiger partial charge in [-0.05, 0) is 54.7 Å². The number of allylic oxidation sites excluding steroid dienone is 2. The van der Waals surface area contributed by atoms with E-state index in [-0.39, 0.29) is 29.3 Å². The van der Waals surface area contributed by atoms with Crippen LogP contribution in [0.5, 0.6) is 5.75 Å². The Balaban J connectivity index is 2.76. The third-order valence-corrected chi connectivity index (χ3v) is 6.12. The molecular formula is C26H38O4. The molecule has 4 nitrogen and oxygen atoms in total. The summed E-state index contributed by atoms with van der Waals surface area (Å²) in [6.45, 7) is 13.8. The molecule has 0 saturated carbocycles. The number of esters is 1. The Morgan fingerprint density at radius 2 is 1.57 bits per heavy atom. The third-order valence-electron chi connectivity index (χ3n) is 6.12. The Kier molecular flexibility index (Phi) is 10.7. The summed E-state index contributed by atoms with van der Waals surface area (Å²) in [6, 6.07) is 5.32. The highest BCUT2D eigenvalue weighted by molar-refractivity contribution is 5.99. The number of carbonyl (C=O) groups excluding carboxylic acids is 3. The van der Waals surface area contributed by atoms with Gasteiger partial charge in [-0.3, -0.25) is 14.4 Å². The van der Waals surface area contributed by atoms with E-state index in [1.54, 1.807) is 12.1 Å². The van der Waals surface area contributed by atoms with Gasteiger partial charge in [-0.2, -0.15) is 0 Å². The second-order valence-corrected chi connectivity index (χ2v) is 8.72. The molecule has 0 saturated heterocycles. The van der Waals surface area contributed by atoms with Gasteiger partial charge in [-0.1, -0.05) is 52.8 Å². The van der Waals surface area contributed by atoms with Crippen molar-refractivity contribution in [2.24, 2.45) is 23.7 Å². The van der Waals surface area contributed by atoms with E-state index in [1.807, 2.05) is 25.1 Å². The number of Topliss-reactive ketones (excluding diaryl/α,β-unsaturated/α-hetero) is 2. The maximum Gasteiger partial charge on any atom is 0.308 e. The minimum absolute atomic E-state index is 0.0220. The first-order valence-electron chi connectivity index (χ1n) is 11.1. The molecule has 1 rings (SSSR count). The molecule has 0 N–H and O–H groups in total. The second-order valence-electron chi connectivity index (χ2n) is 8.72. The highest BCUT2D eigenvalue weighted by Gasteiger charge is 2.27. The van der Waals surface area contributed by atoms with E-state index < -0.39 is 5.97 Å². The van der Waals surface area contributed by atoms with Gasteiger partial charge in [-0.15, -0.1) is 0 Å². The molecule has 4 heteroatoms. The van der Waals surface area contributed by atoms with Gasteiger partial charge in [0.15, 0.2) is 5.78 Å². The van der Waals surface area contributed by atoms with Crippen LogP contribution in [0.15, 0.2) is 30.4 Å². The van der Waals surface area contributed by atoms with Crippen LogP contribution in [0.4, 0.5) is 0 Å². The minimum Gasteiger partial charge on any atom is -0.426 e. The third kappa shape index (κ3) is 8.25. The van der Waals surface area contributed by atoms with Gasteiger partial charge < -0.3 is 4.74 Å². The zero-order valence-corrected chi connectivity index (χ0v) is 19.7. The summed E-state index contributed by atoms with van der Waals surface area (Å²) in [7, 11) is 0. The molecule has 0 heterocycles. The summed E-state index contributed by atoms with van der Waals surface area (Å²) in [5.41, 5.74) is 1.39. The van der Waals surface area contributed by atoms with Crippen molar-refractivity contribution < 1.29 is 19.1 Å². The quantitative estimate of drug-likeness (QED) is 0.173. The maximum absolute atomic E-state index is 12.9. The summed E-state index contributed by atoms with van der Waals surface area (Å²) in [5.74, 6) is 1.15. The van der Waals surface area contributed by atoms with Crippen molar-refractivity contribution in [3.63, 3.8) is 0 Å². The number of hydrogen-bond acceptors (Lipinski definition) is 4. The maximum atomic E-state index is 12.9. The molecule has 0 aliphatic heterocycles. The first kappa shape index (κ1) is 25.8. The summed E-state index contributed by atoms with van der Waals surface area (Å²) < 4.78 is 5.26. The van der Waals surface area contributed by atoms with E-state index in [1.165, 1.54) is 6.92 Å². The average molecular weight is 415 g/mol. The van der Waals surface area contributed by atoms with Crippen molar-refractivity contribution in [3.8, 4) is 5.75 Å². The molecule has 0 spiro atoms. The summed E-state index contributed by atoms with van der Waals surface area (Å²) >= 11 is 0. The van der Waals surface area contributed by atoms with Crippen molar-refractivity contribution in [2.75, 3.05) is 0 Å². The van der Waals surface area contributed by atoms with E-state index in [9.17, 15) is 14.4 Å². The smallest absolute Gasteiger partial charge is 0.308 e. The fraction of sp³-hybridized carbons (Fsp3) is 0.577. The number of aryl methyl sites for hydroxylation is 1. The number of benzene rings is 1. The first-order valence-corrected chi connectivity index (χ1v) is 11.1. The van der Waals surface area contributed by atoms with E-state index in [0.29, 0.717) is 36.5 Å². The van der Waals surface area contributed by atoms with Gasteiger partial charge in [0.2, 0.25) is 0 Å². The van der Waals surface area contributed by atoms with Gasteiger partial charge in [0.05, 0.1) is 5.56 Å². The molecule has 0 bridgehead atoms. The number of carbonyl (C=O) groups is 3. The SMILES string of the molecule is CC/C=C\CC(=O)CC(C)C(C)C(C)C(C)CC(=O)c1ccc(C)cc1OC(C)=O. The topological polar surface area (TPSA) is 60.4 Å². The predicted octanol–water partition coefficient (Wildman–Crippen LogP) is 6.35. The van der Waals surface area contributed by atoms with Gasteiger partial charge in [0, 0.05) is 26.2 Å². The van der Waals surface area contributed by atoms with Crippen LogP contribution in [0.2, 0.25) is 0 Å². The van der Waals surface area contributed by atoms with Crippen LogP contribution in [0.1, 0.15) is 83.1 Å². The molecule has 0 aliphatic rings. The lowest BCUT2D eigenvalue weighted by atomic mass is 9.75. The highest BCUT2D eigenvalue weighted by Crippen LogP contribution is 2.32. The van der Waals surface area contributed by atoms with Gasteiger partial charge in [0.1, 0.15) is 11.5 Å². The largest absolute Gasteiger partial charge is 0.426 e. The van der Waals surface area contributed by atoms with Gasteiger partial charge >= 0.3 is 5.97 Å². The molecular weight excluding hydrogens is 376 g/mol. The molecule has 0 amide bonds. The van der Waals surface area contributed by atoms with Gasteiger partial charge in [-0.25, -0.2) is 0 Å². The molecule has 0 aliphatic carbocycles. The Morgan fingerprint density at radius 3 is 2.13 bits per heavy atom. The first-order chi connectivity index (χ1) is 14.1. The van der Waals surface area contributed by atoms with E-state index in [4.69, 9.17) is 4.74 Å². The Bertz CT molecular complexity index is 762. The Labute approximate surface area is 182 Å². The van der Waals surface area contributed by atoms with Crippen molar-refractivity contribution >= 4 is 17.5 Å². The summed E-state index contributed by atoms with van der Waals surface area (Å²) in [4.78, 5) is 36.5. The Morgan fingerprint density at radius 1 is 0.967 bits per heavy atom. The number of hydrogen-bond donors (Lipinski definition) is 0. The van der Waals surface area contributed by atoms with Gasteiger partial charge in [0.25, 0.3) is 0 Å². The molecule has 4 unspecified atom stereocenters. The molecule has 30 heavy (non-hydrogen) atoms. The summed E-state index contributed by atoms with van der Waals surface area (Å²) in [5, 5.41) is 0. The molecule has 166 valence electrons. The highest BCUT2D eigenvalue weighted by atomic mass is 16.5. The average Bonchev–Trinajstić information content (AvgIpc) is 2.66. The number of ketones is 2. The van der Waals surface area contributed by atoms with Crippen LogP contribution in [-0.2, 0) is 9.59 Å². The molecule has 1 aromatic carbocycles.